The zero-order valence-corrected chi connectivity index (χ0v) is 12.6. The topological polar surface area (TPSA) is 86.4 Å². The van der Waals surface area contributed by atoms with Gasteiger partial charge in [0.15, 0.2) is 0 Å². The number of fused-ring (bicyclic) bond motifs is 1. The van der Waals surface area contributed by atoms with Crippen LogP contribution < -0.4 is 5.56 Å². The van der Waals surface area contributed by atoms with Gasteiger partial charge in [-0.15, -0.1) is 0 Å². The quantitative estimate of drug-likeness (QED) is 0.826. The first-order valence-electron chi connectivity index (χ1n) is 7.62. The average Bonchev–Trinajstić information content (AvgIpc) is 2.95. The van der Waals surface area contributed by atoms with Crippen molar-refractivity contribution in [2.75, 3.05) is 26.7 Å². The molecule has 3 rings (SSSR count). The summed E-state index contributed by atoms with van der Waals surface area (Å²) < 4.78 is 0. The molecule has 1 aromatic heterocycles. The average molecular weight is 304 g/mol. The van der Waals surface area contributed by atoms with Crippen LogP contribution in [0.5, 0.6) is 0 Å². The summed E-state index contributed by atoms with van der Waals surface area (Å²) in [5.74, 6) is 0.486. The Morgan fingerprint density at radius 1 is 1.36 bits per heavy atom. The van der Waals surface area contributed by atoms with Gasteiger partial charge in [0.1, 0.15) is 0 Å². The first-order valence-corrected chi connectivity index (χ1v) is 7.62. The number of piperidine rings is 1. The van der Waals surface area contributed by atoms with Gasteiger partial charge in [-0.2, -0.15) is 5.10 Å². The van der Waals surface area contributed by atoms with Crippen molar-refractivity contribution in [3.05, 3.63) is 28.2 Å². The van der Waals surface area contributed by atoms with Crippen LogP contribution in [-0.2, 0) is 16.0 Å². The predicted octanol–water partition coefficient (Wildman–Crippen LogP) is -0.361. The lowest BCUT2D eigenvalue weighted by atomic mass is 9.88. The van der Waals surface area contributed by atoms with E-state index in [1.165, 1.54) is 6.07 Å². The Balaban J connectivity index is 1.56. The van der Waals surface area contributed by atoms with Crippen LogP contribution in [0.25, 0.3) is 0 Å². The molecule has 0 bridgehead atoms. The van der Waals surface area contributed by atoms with Gasteiger partial charge in [-0.1, -0.05) is 0 Å². The fraction of sp³-hybridized carbons (Fsp3) is 0.600. The number of carbonyl (C=O) groups is 2. The number of nitrogens with zero attached hydrogens (tertiary/aromatic N) is 3. The molecule has 0 aliphatic carbocycles. The number of amides is 2. The molecule has 0 aromatic carbocycles. The van der Waals surface area contributed by atoms with Crippen molar-refractivity contribution in [3.8, 4) is 0 Å². The van der Waals surface area contributed by atoms with Gasteiger partial charge in [0.05, 0.1) is 11.6 Å². The van der Waals surface area contributed by atoms with Crippen LogP contribution in [0.4, 0.5) is 0 Å². The Hall–Kier alpha value is -2.18. The number of H-pyrrole nitrogens is 1. The van der Waals surface area contributed by atoms with Gasteiger partial charge in [0.25, 0.3) is 5.56 Å². The first-order chi connectivity index (χ1) is 10.5. The molecule has 2 aliphatic heterocycles. The van der Waals surface area contributed by atoms with Crippen molar-refractivity contribution in [3.63, 3.8) is 0 Å². The molecule has 2 aliphatic rings. The summed E-state index contributed by atoms with van der Waals surface area (Å²) in [6, 6.07) is 3.04. The number of aromatic amines is 1. The second kappa shape index (κ2) is 5.90. The number of likely N-dealkylation sites (tertiary alicyclic amines) is 2. The lowest BCUT2D eigenvalue weighted by Gasteiger charge is -2.30. The maximum absolute atomic E-state index is 12.3. The molecule has 2 saturated heterocycles. The molecule has 1 aromatic rings. The zero-order valence-electron chi connectivity index (χ0n) is 12.6. The highest BCUT2D eigenvalue weighted by molar-refractivity contribution is 5.83. The molecule has 0 radical (unpaired) electrons. The van der Waals surface area contributed by atoms with E-state index in [0.29, 0.717) is 37.5 Å². The number of rotatable bonds is 3. The van der Waals surface area contributed by atoms with E-state index in [0.717, 1.165) is 13.0 Å². The lowest BCUT2D eigenvalue weighted by molar-refractivity contribution is -0.138. The molecule has 7 heteroatoms. The normalized spacial score (nSPS) is 24.5. The smallest absolute Gasteiger partial charge is 0.264 e. The molecule has 118 valence electrons. The minimum absolute atomic E-state index is 0.0334. The molecule has 7 nitrogen and oxygen atoms in total. The summed E-state index contributed by atoms with van der Waals surface area (Å²) in [6.45, 7) is 2.00. The van der Waals surface area contributed by atoms with Crippen LogP contribution in [0.3, 0.4) is 0 Å². The van der Waals surface area contributed by atoms with E-state index in [-0.39, 0.29) is 23.3 Å². The van der Waals surface area contributed by atoms with E-state index in [2.05, 4.69) is 10.2 Å². The number of carbonyl (C=O) groups excluding carboxylic acids is 2. The van der Waals surface area contributed by atoms with Crippen LogP contribution in [0, 0.1) is 11.8 Å². The highest BCUT2D eigenvalue weighted by Crippen LogP contribution is 2.31. The standard InChI is InChI=1S/C15H20N4O3/c1-18-7-6-10-8-19(9-12(10)15(18)22)14(21)5-3-11-2-4-13(20)17-16-11/h2,4,10,12H,3,5-9H2,1H3,(H,17,20)/t10-,12+/m1/s1. The number of hydrogen-bond acceptors (Lipinski definition) is 4. The van der Waals surface area contributed by atoms with E-state index in [1.807, 2.05) is 7.05 Å². The second-order valence-corrected chi connectivity index (χ2v) is 6.13. The second-order valence-electron chi connectivity index (χ2n) is 6.13. The Morgan fingerprint density at radius 2 is 2.18 bits per heavy atom. The van der Waals surface area contributed by atoms with Crippen LogP contribution in [-0.4, -0.2) is 58.5 Å². The molecule has 0 saturated carbocycles. The van der Waals surface area contributed by atoms with Crippen molar-refractivity contribution >= 4 is 11.8 Å². The molecule has 2 fully saturated rings. The molecule has 1 N–H and O–H groups in total. The Morgan fingerprint density at radius 3 is 2.91 bits per heavy atom. The minimum atomic E-state index is -0.249. The van der Waals surface area contributed by atoms with Crippen LogP contribution in [0.2, 0.25) is 0 Å². The van der Waals surface area contributed by atoms with Gasteiger partial charge < -0.3 is 9.80 Å². The number of hydrogen-bond donors (Lipinski definition) is 1. The SMILES string of the molecule is CN1CC[C@@H]2CN(C(=O)CCc3ccc(=O)[nH]n3)C[C@@H]2C1=O. The third-order valence-electron chi connectivity index (χ3n) is 4.65. The molecular weight excluding hydrogens is 284 g/mol. The van der Waals surface area contributed by atoms with Crippen molar-refractivity contribution < 1.29 is 9.59 Å². The van der Waals surface area contributed by atoms with Gasteiger partial charge in [-0.05, 0) is 18.4 Å². The van der Waals surface area contributed by atoms with Gasteiger partial charge in [-0.25, -0.2) is 5.10 Å². The Bertz CT molecular complexity index is 621. The van der Waals surface area contributed by atoms with Crippen molar-refractivity contribution in [2.45, 2.75) is 19.3 Å². The summed E-state index contributed by atoms with van der Waals surface area (Å²) >= 11 is 0. The number of nitrogens with one attached hydrogen (secondary N) is 1. The number of aromatic nitrogens is 2. The van der Waals surface area contributed by atoms with Gasteiger partial charge in [-0.3, -0.25) is 14.4 Å². The van der Waals surface area contributed by atoms with Gasteiger partial charge in [0, 0.05) is 45.6 Å². The Labute approximate surface area is 128 Å². The lowest BCUT2D eigenvalue weighted by Crippen LogP contribution is -2.42. The van der Waals surface area contributed by atoms with E-state index in [1.54, 1.807) is 15.9 Å². The summed E-state index contributed by atoms with van der Waals surface area (Å²) in [7, 11) is 1.82. The summed E-state index contributed by atoms with van der Waals surface area (Å²) in [5, 5.41) is 6.27. The molecule has 0 unspecified atom stereocenters. The van der Waals surface area contributed by atoms with Crippen molar-refractivity contribution in [1.29, 1.82) is 0 Å². The largest absolute Gasteiger partial charge is 0.345 e. The fourth-order valence-corrected chi connectivity index (χ4v) is 3.31. The maximum atomic E-state index is 12.3. The van der Waals surface area contributed by atoms with E-state index in [4.69, 9.17) is 0 Å². The van der Waals surface area contributed by atoms with Crippen LogP contribution in [0.1, 0.15) is 18.5 Å². The molecule has 22 heavy (non-hydrogen) atoms. The summed E-state index contributed by atoms with van der Waals surface area (Å²) in [6.07, 6.45) is 1.82. The zero-order chi connectivity index (χ0) is 15.7. The van der Waals surface area contributed by atoms with E-state index >= 15 is 0 Å². The van der Waals surface area contributed by atoms with E-state index < -0.39 is 0 Å². The minimum Gasteiger partial charge on any atom is -0.345 e. The fourth-order valence-electron chi connectivity index (χ4n) is 3.31. The van der Waals surface area contributed by atoms with Crippen molar-refractivity contribution in [2.24, 2.45) is 11.8 Å². The first kappa shape index (κ1) is 14.7. The number of aryl methyl sites for hydroxylation is 1. The molecule has 2 atom stereocenters. The van der Waals surface area contributed by atoms with Gasteiger partial charge in [0.2, 0.25) is 11.8 Å². The summed E-state index contributed by atoms with van der Waals surface area (Å²) in [5.41, 5.74) is 0.446. The van der Waals surface area contributed by atoms with Crippen LogP contribution in [0.15, 0.2) is 16.9 Å². The monoisotopic (exact) mass is 304 g/mol. The highest BCUT2D eigenvalue weighted by Gasteiger charge is 2.42. The molecule has 3 heterocycles. The highest BCUT2D eigenvalue weighted by atomic mass is 16.2. The Kier molecular flexibility index (Phi) is 3.96. The molecule has 2 amide bonds. The van der Waals surface area contributed by atoms with Crippen LogP contribution >= 0.6 is 0 Å². The van der Waals surface area contributed by atoms with E-state index in [9.17, 15) is 14.4 Å². The predicted molar refractivity (Wildman–Crippen MR) is 79.0 cm³/mol. The third kappa shape index (κ3) is 2.88. The van der Waals surface area contributed by atoms with Gasteiger partial charge >= 0.3 is 0 Å². The summed E-state index contributed by atoms with van der Waals surface area (Å²) in [4.78, 5) is 39.0. The maximum Gasteiger partial charge on any atom is 0.264 e. The third-order valence-corrected chi connectivity index (χ3v) is 4.65. The molecular formula is C15H20N4O3. The molecule has 0 spiro atoms. The van der Waals surface area contributed by atoms with Crippen molar-refractivity contribution in [1.82, 2.24) is 20.0 Å².